The third-order valence-corrected chi connectivity index (χ3v) is 4.18. The maximum atomic E-state index is 12.7. The topological polar surface area (TPSA) is 123 Å². The van der Waals surface area contributed by atoms with Gasteiger partial charge in [0.25, 0.3) is 5.91 Å². The van der Waals surface area contributed by atoms with Gasteiger partial charge in [0.15, 0.2) is 0 Å². The van der Waals surface area contributed by atoms with E-state index in [2.05, 4.69) is 25.4 Å². The zero-order chi connectivity index (χ0) is 24.7. The molecule has 12 heteroatoms. The van der Waals surface area contributed by atoms with Crippen LogP contribution in [-0.4, -0.2) is 47.9 Å². The molecule has 2 N–H and O–H groups in total. The highest BCUT2D eigenvalue weighted by Crippen LogP contribution is 2.25. The second kappa shape index (κ2) is 10.3. The van der Waals surface area contributed by atoms with Crippen LogP contribution in [0.25, 0.3) is 22.6 Å². The summed E-state index contributed by atoms with van der Waals surface area (Å²) in [7, 11) is 1.80. The van der Waals surface area contributed by atoms with Crippen molar-refractivity contribution < 1.29 is 27.9 Å². The molecule has 1 amide bonds. The molecule has 0 atom stereocenters. The number of rotatable bonds is 4. The third-order valence-electron chi connectivity index (χ3n) is 4.18. The molecule has 0 aromatic carbocycles. The minimum absolute atomic E-state index is 0.309. The summed E-state index contributed by atoms with van der Waals surface area (Å²) in [6.45, 7) is 0. The number of halogens is 3. The number of carboxylic acids is 1. The summed E-state index contributed by atoms with van der Waals surface area (Å²) in [5.74, 6) is -3.07. The Balaban J connectivity index is 0.000000406. The van der Waals surface area contributed by atoms with E-state index in [1.54, 1.807) is 48.6 Å². The van der Waals surface area contributed by atoms with Crippen LogP contribution in [0.3, 0.4) is 0 Å². The summed E-state index contributed by atoms with van der Waals surface area (Å²) in [6.07, 6.45) is 1.74. The molecular weight excluding hydrogens is 453 g/mol. The number of amides is 1. The highest BCUT2D eigenvalue weighted by molar-refractivity contribution is 6.04. The molecule has 4 rings (SSSR count). The van der Waals surface area contributed by atoms with Crippen LogP contribution in [-0.2, 0) is 11.8 Å². The molecule has 4 aromatic heterocycles. The number of alkyl halides is 3. The van der Waals surface area contributed by atoms with Crippen molar-refractivity contribution in [2.24, 2.45) is 7.05 Å². The number of nitrogens with one attached hydrogen (secondary N) is 1. The summed E-state index contributed by atoms with van der Waals surface area (Å²) >= 11 is 0. The van der Waals surface area contributed by atoms with Crippen molar-refractivity contribution in [3.63, 3.8) is 0 Å². The SMILES string of the molecule is Cn1cc(NC(=O)c2cccc(-c3ccncc3)n2)c(-c2ccccn2)n1.O=C(O)C(F)(F)F. The molecule has 4 aromatic rings. The molecule has 0 spiro atoms. The van der Waals surface area contributed by atoms with Crippen LogP contribution >= 0.6 is 0 Å². The Kier molecular flexibility index (Phi) is 7.31. The first-order chi connectivity index (χ1) is 16.1. The van der Waals surface area contributed by atoms with Crippen LogP contribution in [0.4, 0.5) is 18.9 Å². The molecule has 0 aliphatic rings. The van der Waals surface area contributed by atoms with Crippen LogP contribution in [0.2, 0.25) is 0 Å². The molecule has 0 saturated heterocycles. The first kappa shape index (κ1) is 24.0. The second-order valence-corrected chi connectivity index (χ2v) is 6.68. The lowest BCUT2D eigenvalue weighted by Crippen LogP contribution is -2.21. The molecular formula is C22H17F3N6O3. The summed E-state index contributed by atoms with van der Waals surface area (Å²) < 4.78 is 33.4. The number of carbonyl (C=O) groups excluding carboxylic acids is 1. The fraction of sp³-hybridized carbons (Fsp3) is 0.0909. The summed E-state index contributed by atoms with van der Waals surface area (Å²) in [4.78, 5) is 34.4. The van der Waals surface area contributed by atoms with Gasteiger partial charge in [0, 0.05) is 37.4 Å². The van der Waals surface area contributed by atoms with Crippen LogP contribution in [0, 0.1) is 0 Å². The Hall–Kier alpha value is -4.61. The number of aliphatic carboxylic acids is 1. The monoisotopic (exact) mass is 470 g/mol. The van der Waals surface area contributed by atoms with Crippen molar-refractivity contribution in [3.05, 3.63) is 79.0 Å². The van der Waals surface area contributed by atoms with Gasteiger partial charge in [-0.25, -0.2) is 9.78 Å². The van der Waals surface area contributed by atoms with Gasteiger partial charge in [0.05, 0.1) is 17.1 Å². The molecule has 0 radical (unpaired) electrons. The number of hydrogen-bond donors (Lipinski definition) is 2. The zero-order valence-electron chi connectivity index (χ0n) is 17.6. The quantitative estimate of drug-likeness (QED) is 0.465. The van der Waals surface area contributed by atoms with E-state index in [1.807, 2.05) is 36.4 Å². The second-order valence-electron chi connectivity index (χ2n) is 6.68. The average Bonchev–Trinajstić information content (AvgIpc) is 3.20. The molecule has 0 fully saturated rings. The molecule has 0 aliphatic heterocycles. The number of pyridine rings is 3. The van der Waals surface area contributed by atoms with Crippen LogP contribution in [0.1, 0.15) is 10.5 Å². The smallest absolute Gasteiger partial charge is 0.475 e. The lowest BCUT2D eigenvalue weighted by Gasteiger charge is -2.06. The number of hydrogen-bond acceptors (Lipinski definition) is 6. The van der Waals surface area contributed by atoms with Gasteiger partial charge in [-0.1, -0.05) is 12.1 Å². The van der Waals surface area contributed by atoms with E-state index in [4.69, 9.17) is 9.90 Å². The van der Waals surface area contributed by atoms with Crippen LogP contribution in [0.5, 0.6) is 0 Å². The van der Waals surface area contributed by atoms with Gasteiger partial charge in [0.2, 0.25) is 0 Å². The first-order valence-corrected chi connectivity index (χ1v) is 9.59. The van der Waals surface area contributed by atoms with Crippen molar-refractivity contribution in [1.82, 2.24) is 24.7 Å². The predicted octanol–water partition coefficient (Wildman–Crippen LogP) is 3.82. The number of carboxylic acid groups (broad SMARTS) is 1. The minimum atomic E-state index is -5.08. The lowest BCUT2D eigenvalue weighted by molar-refractivity contribution is -0.192. The maximum absolute atomic E-state index is 12.7. The molecule has 0 unspecified atom stereocenters. The summed E-state index contributed by atoms with van der Waals surface area (Å²) in [6, 6.07) is 14.6. The Morgan fingerprint density at radius 2 is 1.65 bits per heavy atom. The van der Waals surface area contributed by atoms with E-state index in [0.717, 1.165) is 5.56 Å². The van der Waals surface area contributed by atoms with E-state index in [1.165, 1.54) is 0 Å². The van der Waals surface area contributed by atoms with Crippen molar-refractivity contribution in [3.8, 4) is 22.6 Å². The molecule has 0 aliphatic carbocycles. The molecule has 4 heterocycles. The van der Waals surface area contributed by atoms with Crippen LogP contribution in [0.15, 0.2) is 73.3 Å². The van der Waals surface area contributed by atoms with Crippen molar-refractivity contribution >= 4 is 17.6 Å². The Morgan fingerprint density at radius 1 is 0.971 bits per heavy atom. The van der Waals surface area contributed by atoms with Gasteiger partial charge in [-0.3, -0.25) is 19.4 Å². The third kappa shape index (κ3) is 6.22. The zero-order valence-corrected chi connectivity index (χ0v) is 17.6. The molecule has 174 valence electrons. The Labute approximate surface area is 190 Å². The number of carbonyl (C=O) groups is 2. The highest BCUT2D eigenvalue weighted by Gasteiger charge is 2.38. The van der Waals surface area contributed by atoms with Crippen molar-refractivity contribution in [2.45, 2.75) is 6.18 Å². The van der Waals surface area contributed by atoms with E-state index in [9.17, 15) is 18.0 Å². The largest absolute Gasteiger partial charge is 0.490 e. The Morgan fingerprint density at radius 3 is 2.26 bits per heavy atom. The van der Waals surface area contributed by atoms with E-state index < -0.39 is 12.1 Å². The van der Waals surface area contributed by atoms with Gasteiger partial charge in [0.1, 0.15) is 11.4 Å². The highest BCUT2D eigenvalue weighted by atomic mass is 19.4. The number of anilines is 1. The molecule has 34 heavy (non-hydrogen) atoms. The fourth-order valence-electron chi connectivity index (χ4n) is 2.70. The van der Waals surface area contributed by atoms with E-state index >= 15 is 0 Å². The standard InChI is InChI=1S/C20H16N6O.C2HF3O2/c1-26-13-18(19(25-26)16-5-2-3-10-22-16)24-20(27)17-7-4-6-15(23-17)14-8-11-21-12-9-14;3-2(4,5)1(6)7/h2-13H,1H3,(H,24,27);(H,6,7). The molecule has 0 saturated carbocycles. The number of aryl methyl sites for hydroxylation is 1. The minimum Gasteiger partial charge on any atom is -0.475 e. The van der Waals surface area contributed by atoms with Gasteiger partial charge >= 0.3 is 12.1 Å². The predicted molar refractivity (Wildman–Crippen MR) is 116 cm³/mol. The average molecular weight is 470 g/mol. The van der Waals surface area contributed by atoms with Crippen molar-refractivity contribution in [2.75, 3.05) is 5.32 Å². The van der Waals surface area contributed by atoms with Gasteiger partial charge in [-0.05, 0) is 36.4 Å². The van der Waals surface area contributed by atoms with Gasteiger partial charge < -0.3 is 10.4 Å². The number of nitrogens with zero attached hydrogens (tertiary/aromatic N) is 5. The maximum Gasteiger partial charge on any atom is 0.490 e. The summed E-state index contributed by atoms with van der Waals surface area (Å²) in [5.41, 5.74) is 3.80. The van der Waals surface area contributed by atoms with Gasteiger partial charge in [-0.2, -0.15) is 18.3 Å². The van der Waals surface area contributed by atoms with Crippen molar-refractivity contribution in [1.29, 1.82) is 0 Å². The van der Waals surface area contributed by atoms with Gasteiger partial charge in [-0.15, -0.1) is 0 Å². The lowest BCUT2D eigenvalue weighted by atomic mass is 10.1. The summed E-state index contributed by atoms with van der Waals surface area (Å²) in [5, 5.41) is 14.4. The normalized spacial score (nSPS) is 10.7. The fourth-order valence-corrected chi connectivity index (χ4v) is 2.70. The first-order valence-electron chi connectivity index (χ1n) is 9.59. The van der Waals surface area contributed by atoms with Crippen LogP contribution < -0.4 is 5.32 Å². The molecule has 0 bridgehead atoms. The molecule has 9 nitrogen and oxygen atoms in total. The van der Waals surface area contributed by atoms with E-state index in [-0.39, 0.29) is 5.91 Å². The Bertz CT molecular complexity index is 1280. The van der Waals surface area contributed by atoms with E-state index in [0.29, 0.717) is 28.5 Å². The number of aromatic nitrogens is 5.